The number of hydrogen-bond donors (Lipinski definition) is 3. The molecule has 0 fully saturated rings. The van der Waals surface area contributed by atoms with Crippen LogP contribution in [0.3, 0.4) is 0 Å². The monoisotopic (exact) mass is 457 g/mol. The summed E-state index contributed by atoms with van der Waals surface area (Å²) in [5.41, 5.74) is 2.18. The van der Waals surface area contributed by atoms with Gasteiger partial charge in [-0.3, -0.25) is 4.79 Å². The van der Waals surface area contributed by atoms with Gasteiger partial charge >= 0.3 is 0 Å². The van der Waals surface area contributed by atoms with E-state index < -0.39 is 0 Å². The van der Waals surface area contributed by atoms with E-state index in [4.69, 9.17) is 4.42 Å². The smallest absolute Gasteiger partial charge is 0.257 e. The molecule has 32 heavy (non-hydrogen) atoms. The quantitative estimate of drug-likeness (QED) is 0.405. The number of carbonyl (C=O) groups excluding carboxylic acids is 1. The molecule has 2 aromatic heterocycles. The lowest BCUT2D eigenvalue weighted by molar-refractivity contribution is 0.0822. The van der Waals surface area contributed by atoms with Gasteiger partial charge in [0.15, 0.2) is 17.4 Å². The number of aryl methyl sites for hydroxylation is 1. The van der Waals surface area contributed by atoms with Crippen LogP contribution in [0.15, 0.2) is 28.9 Å². The Kier molecular flexibility index (Phi) is 6.78. The number of carbonyl (C=O) groups is 1. The van der Waals surface area contributed by atoms with E-state index in [2.05, 4.69) is 26.3 Å². The van der Waals surface area contributed by atoms with Crippen molar-refractivity contribution in [1.29, 1.82) is 0 Å². The molecule has 0 aliphatic rings. The number of aromatic hydroxyl groups is 1. The molecule has 1 atom stereocenters. The minimum Gasteiger partial charge on any atom is -0.505 e. The zero-order chi connectivity index (χ0) is 23.6. The van der Waals surface area contributed by atoms with Crippen LogP contribution in [-0.2, 0) is 5.41 Å². The van der Waals surface area contributed by atoms with Gasteiger partial charge in [-0.25, -0.2) is 0 Å². The molecule has 3 N–H and O–H groups in total. The van der Waals surface area contributed by atoms with Crippen LogP contribution in [0, 0.1) is 6.92 Å². The number of hydrogen-bond acceptors (Lipinski definition) is 8. The Balaban J connectivity index is 1.94. The third kappa shape index (κ3) is 4.88. The summed E-state index contributed by atoms with van der Waals surface area (Å²) in [6.45, 7) is 10.1. The van der Waals surface area contributed by atoms with Gasteiger partial charge in [0.1, 0.15) is 5.76 Å². The van der Waals surface area contributed by atoms with Crippen LogP contribution in [-0.4, -0.2) is 38.8 Å². The number of phenolic OH excluding ortho intramolecular Hbond substituents is 1. The summed E-state index contributed by atoms with van der Waals surface area (Å²) in [6, 6.07) is 5.55. The van der Waals surface area contributed by atoms with Crippen LogP contribution < -0.4 is 10.6 Å². The second kappa shape index (κ2) is 9.20. The molecule has 172 valence electrons. The first-order valence-corrected chi connectivity index (χ1v) is 11.2. The summed E-state index contributed by atoms with van der Waals surface area (Å²) < 4.78 is 14.3. The fourth-order valence-corrected chi connectivity index (χ4v) is 3.90. The fourth-order valence-electron chi connectivity index (χ4n) is 3.43. The van der Waals surface area contributed by atoms with Crippen LogP contribution >= 0.6 is 11.7 Å². The number of benzene rings is 1. The maximum Gasteiger partial charge on any atom is 0.257 e. The lowest BCUT2D eigenvalue weighted by Crippen LogP contribution is -2.26. The normalized spacial score (nSPS) is 12.5. The van der Waals surface area contributed by atoms with Gasteiger partial charge in [0.05, 0.1) is 35.3 Å². The maximum absolute atomic E-state index is 12.9. The van der Waals surface area contributed by atoms with Crippen LogP contribution in [0.4, 0.5) is 17.3 Å². The molecule has 8 nitrogen and oxygen atoms in total. The summed E-state index contributed by atoms with van der Waals surface area (Å²) in [5, 5.41) is 17.6. The van der Waals surface area contributed by atoms with Crippen molar-refractivity contribution in [2.45, 2.75) is 52.5 Å². The summed E-state index contributed by atoms with van der Waals surface area (Å²) in [7, 11) is 3.34. The Bertz CT molecular complexity index is 1100. The van der Waals surface area contributed by atoms with E-state index in [0.717, 1.165) is 35.0 Å². The van der Waals surface area contributed by atoms with Gasteiger partial charge in [-0.2, -0.15) is 8.75 Å². The standard InChI is InChI=1S/C23H31N5O3S/c1-8-15(17-11-13(2)12-31-17)24-20-21(27-32-26-20)25-16-10-9-14(23(3,4)5)18(19(16)29)22(30)28(6)7/h9-12,15,29H,8H2,1-7H3,(H,24,26)(H,25,27). The second-order valence-corrected chi connectivity index (χ2v) is 9.58. The van der Waals surface area contributed by atoms with Crippen molar-refractivity contribution in [3.63, 3.8) is 0 Å². The summed E-state index contributed by atoms with van der Waals surface area (Å²) in [5.74, 6) is 1.48. The molecule has 2 heterocycles. The second-order valence-electron chi connectivity index (χ2n) is 9.05. The molecule has 9 heteroatoms. The van der Waals surface area contributed by atoms with E-state index in [0.29, 0.717) is 17.3 Å². The lowest BCUT2D eigenvalue weighted by Gasteiger charge is -2.25. The first kappa shape index (κ1) is 23.6. The number of phenols is 1. The number of amides is 1. The molecular weight excluding hydrogens is 426 g/mol. The molecule has 3 aromatic rings. The highest BCUT2D eigenvalue weighted by atomic mass is 32.1. The first-order chi connectivity index (χ1) is 15.0. The Morgan fingerprint density at radius 1 is 1.25 bits per heavy atom. The van der Waals surface area contributed by atoms with E-state index in [1.807, 2.05) is 39.8 Å². The highest BCUT2D eigenvalue weighted by molar-refractivity contribution is 6.99. The first-order valence-electron chi connectivity index (χ1n) is 10.5. The van der Waals surface area contributed by atoms with Gasteiger partial charge in [-0.15, -0.1) is 0 Å². The van der Waals surface area contributed by atoms with Crippen molar-refractivity contribution >= 4 is 35.0 Å². The van der Waals surface area contributed by atoms with E-state index in [1.165, 1.54) is 4.90 Å². The largest absolute Gasteiger partial charge is 0.505 e. The predicted molar refractivity (Wildman–Crippen MR) is 128 cm³/mol. The zero-order valence-corrected chi connectivity index (χ0v) is 20.4. The maximum atomic E-state index is 12.9. The Labute approximate surface area is 193 Å². The van der Waals surface area contributed by atoms with Crippen LogP contribution in [0.2, 0.25) is 0 Å². The number of aromatic nitrogens is 2. The number of rotatable bonds is 7. The van der Waals surface area contributed by atoms with Crippen molar-refractivity contribution in [2.24, 2.45) is 0 Å². The molecule has 0 bridgehead atoms. The average Bonchev–Trinajstić information content (AvgIpc) is 3.34. The number of anilines is 3. The number of nitrogens with one attached hydrogen (secondary N) is 2. The van der Waals surface area contributed by atoms with Crippen molar-refractivity contribution in [2.75, 3.05) is 24.7 Å². The van der Waals surface area contributed by atoms with Crippen molar-refractivity contribution in [3.8, 4) is 5.75 Å². The fraction of sp³-hybridized carbons (Fsp3) is 0.435. The SMILES string of the molecule is CCC(Nc1nsnc1Nc1ccc(C(C)(C)C)c(C(=O)N(C)C)c1O)c1cc(C)co1. The van der Waals surface area contributed by atoms with E-state index in [-0.39, 0.29) is 28.7 Å². The van der Waals surface area contributed by atoms with E-state index in [9.17, 15) is 9.90 Å². The zero-order valence-electron chi connectivity index (χ0n) is 19.6. The average molecular weight is 458 g/mol. The molecule has 1 aromatic carbocycles. The van der Waals surface area contributed by atoms with Crippen molar-refractivity contribution in [1.82, 2.24) is 13.6 Å². The minimum absolute atomic E-state index is 0.0732. The summed E-state index contributed by atoms with van der Waals surface area (Å²) in [4.78, 5) is 14.3. The van der Waals surface area contributed by atoms with Crippen LogP contribution in [0.1, 0.15) is 67.4 Å². The van der Waals surface area contributed by atoms with Gasteiger partial charge in [-0.05, 0) is 42.0 Å². The van der Waals surface area contributed by atoms with Crippen molar-refractivity contribution < 1.29 is 14.3 Å². The van der Waals surface area contributed by atoms with E-state index >= 15 is 0 Å². The van der Waals surface area contributed by atoms with E-state index in [1.54, 1.807) is 26.4 Å². The molecule has 0 saturated heterocycles. The van der Waals surface area contributed by atoms with Crippen LogP contribution in [0.25, 0.3) is 0 Å². The summed E-state index contributed by atoms with van der Waals surface area (Å²) >= 11 is 1.05. The Morgan fingerprint density at radius 3 is 2.50 bits per heavy atom. The highest BCUT2D eigenvalue weighted by Crippen LogP contribution is 2.39. The minimum atomic E-state index is -0.318. The van der Waals surface area contributed by atoms with Gasteiger partial charge in [-0.1, -0.05) is 33.8 Å². The van der Waals surface area contributed by atoms with Gasteiger partial charge < -0.3 is 25.1 Å². The van der Waals surface area contributed by atoms with Gasteiger partial charge in [0.2, 0.25) is 0 Å². The summed E-state index contributed by atoms with van der Waals surface area (Å²) in [6.07, 6.45) is 2.51. The van der Waals surface area contributed by atoms with Gasteiger partial charge in [0, 0.05) is 14.1 Å². The molecule has 1 amide bonds. The topological polar surface area (TPSA) is 104 Å². The number of nitrogens with zero attached hydrogens (tertiary/aromatic N) is 3. The lowest BCUT2D eigenvalue weighted by atomic mass is 9.82. The highest BCUT2D eigenvalue weighted by Gasteiger charge is 2.28. The third-order valence-corrected chi connectivity index (χ3v) is 5.69. The molecule has 0 radical (unpaired) electrons. The molecule has 0 spiro atoms. The Morgan fingerprint density at radius 2 is 1.94 bits per heavy atom. The van der Waals surface area contributed by atoms with Gasteiger partial charge in [0.25, 0.3) is 5.91 Å². The number of furan rings is 1. The predicted octanol–water partition coefficient (Wildman–Crippen LogP) is 5.45. The molecule has 0 aliphatic carbocycles. The third-order valence-electron chi connectivity index (χ3n) is 5.16. The molecular formula is C23H31N5O3S. The molecule has 1 unspecified atom stereocenters. The molecule has 0 aliphatic heterocycles. The molecule has 3 rings (SSSR count). The molecule has 0 saturated carbocycles. The van der Waals surface area contributed by atoms with Crippen LogP contribution in [0.5, 0.6) is 5.75 Å². The van der Waals surface area contributed by atoms with Crippen molar-refractivity contribution in [3.05, 3.63) is 46.9 Å². The Hall–Kier alpha value is -3.07.